The SMILES string of the molecule is CCN(CC)c1ccc(C=C(C#N)C(=O)Nc2nnc(S(=O)(=O)CC(C)C)s2)cc1. The molecule has 0 unspecified atom stereocenters. The first-order chi connectivity index (χ1) is 14.2. The van der Waals surface area contributed by atoms with E-state index >= 15 is 0 Å². The summed E-state index contributed by atoms with van der Waals surface area (Å²) >= 11 is 0.770. The summed E-state index contributed by atoms with van der Waals surface area (Å²) < 4.78 is 24.3. The number of hydrogen-bond acceptors (Lipinski definition) is 8. The van der Waals surface area contributed by atoms with Gasteiger partial charge in [0.2, 0.25) is 19.3 Å². The lowest BCUT2D eigenvalue weighted by Crippen LogP contribution is -2.21. The van der Waals surface area contributed by atoms with Crippen molar-refractivity contribution in [3.8, 4) is 6.07 Å². The van der Waals surface area contributed by atoms with Crippen LogP contribution in [-0.2, 0) is 14.6 Å². The first-order valence-electron chi connectivity index (χ1n) is 9.54. The number of carbonyl (C=O) groups excluding carboxylic acids is 1. The van der Waals surface area contributed by atoms with Gasteiger partial charge in [0.1, 0.15) is 11.6 Å². The van der Waals surface area contributed by atoms with Crippen LogP contribution in [0.3, 0.4) is 0 Å². The van der Waals surface area contributed by atoms with Crippen molar-refractivity contribution in [1.82, 2.24) is 10.2 Å². The van der Waals surface area contributed by atoms with Crippen molar-refractivity contribution in [2.75, 3.05) is 29.1 Å². The summed E-state index contributed by atoms with van der Waals surface area (Å²) in [7, 11) is -3.55. The van der Waals surface area contributed by atoms with E-state index in [4.69, 9.17) is 0 Å². The standard InChI is InChI=1S/C20H25N5O3S2/c1-5-25(6-2)17-9-7-15(8-10-17)11-16(12-21)18(26)22-19-23-24-20(29-19)30(27,28)13-14(3)4/h7-11,14H,5-6,13H2,1-4H3,(H,22,23,26). The number of benzene rings is 1. The van der Waals surface area contributed by atoms with Crippen LogP contribution in [0.25, 0.3) is 6.08 Å². The van der Waals surface area contributed by atoms with Crippen LogP contribution >= 0.6 is 11.3 Å². The average molecular weight is 448 g/mol. The molecule has 0 bridgehead atoms. The van der Waals surface area contributed by atoms with Gasteiger partial charge < -0.3 is 4.90 Å². The minimum absolute atomic E-state index is 0.0281. The van der Waals surface area contributed by atoms with Gasteiger partial charge >= 0.3 is 0 Å². The summed E-state index contributed by atoms with van der Waals surface area (Å²) in [5, 5.41) is 19.2. The highest BCUT2D eigenvalue weighted by molar-refractivity contribution is 7.93. The van der Waals surface area contributed by atoms with E-state index in [1.807, 2.05) is 30.3 Å². The second kappa shape index (κ2) is 10.3. The smallest absolute Gasteiger partial charge is 0.268 e. The third-order valence-corrected chi connectivity index (χ3v) is 7.51. The summed E-state index contributed by atoms with van der Waals surface area (Å²) in [5.74, 6) is -0.782. The van der Waals surface area contributed by atoms with Crippen LogP contribution in [-0.4, -0.2) is 43.4 Å². The number of amides is 1. The molecule has 2 aromatic rings. The maximum Gasteiger partial charge on any atom is 0.268 e. The quantitative estimate of drug-likeness (QED) is 0.356. The number of sulfone groups is 1. The van der Waals surface area contributed by atoms with Gasteiger partial charge in [-0.25, -0.2) is 8.42 Å². The predicted molar refractivity (Wildman–Crippen MR) is 119 cm³/mol. The van der Waals surface area contributed by atoms with Crippen molar-refractivity contribution in [3.05, 3.63) is 35.4 Å². The van der Waals surface area contributed by atoms with Gasteiger partial charge in [0.25, 0.3) is 5.91 Å². The summed E-state index contributed by atoms with van der Waals surface area (Å²) in [6, 6.07) is 9.40. The van der Waals surface area contributed by atoms with Crippen LogP contribution in [0.1, 0.15) is 33.3 Å². The molecule has 1 aromatic carbocycles. The number of nitriles is 1. The maximum absolute atomic E-state index is 12.4. The molecule has 0 atom stereocenters. The zero-order chi connectivity index (χ0) is 22.3. The van der Waals surface area contributed by atoms with E-state index in [9.17, 15) is 18.5 Å². The molecule has 0 fully saturated rings. The molecule has 0 aliphatic carbocycles. The van der Waals surface area contributed by atoms with Gasteiger partial charge in [0, 0.05) is 18.8 Å². The van der Waals surface area contributed by atoms with Crippen LogP contribution < -0.4 is 10.2 Å². The average Bonchev–Trinajstić information content (AvgIpc) is 3.16. The highest BCUT2D eigenvalue weighted by Gasteiger charge is 2.22. The lowest BCUT2D eigenvalue weighted by atomic mass is 10.1. The molecule has 1 amide bonds. The molecule has 1 N–H and O–H groups in total. The molecule has 0 aliphatic heterocycles. The van der Waals surface area contributed by atoms with Crippen LogP contribution in [0.4, 0.5) is 10.8 Å². The second-order valence-corrected chi connectivity index (χ2v) is 10.1. The summed E-state index contributed by atoms with van der Waals surface area (Å²) in [6.45, 7) is 9.49. The molecule has 2 rings (SSSR count). The Kier molecular flexibility index (Phi) is 8.08. The molecular weight excluding hydrogens is 422 g/mol. The molecule has 8 nitrogen and oxygen atoms in total. The molecular formula is C20H25N5O3S2. The Morgan fingerprint density at radius 2 is 1.87 bits per heavy atom. The normalized spacial score (nSPS) is 11.9. The Hall–Kier alpha value is -2.77. The molecule has 1 aromatic heterocycles. The second-order valence-electron chi connectivity index (χ2n) is 6.94. The third-order valence-electron chi connectivity index (χ3n) is 4.14. The predicted octanol–water partition coefficient (Wildman–Crippen LogP) is 3.36. The lowest BCUT2D eigenvalue weighted by molar-refractivity contribution is -0.112. The maximum atomic E-state index is 12.4. The number of aromatic nitrogens is 2. The fourth-order valence-corrected chi connectivity index (χ4v) is 5.35. The van der Waals surface area contributed by atoms with Crippen molar-refractivity contribution < 1.29 is 13.2 Å². The topological polar surface area (TPSA) is 116 Å². The van der Waals surface area contributed by atoms with E-state index in [1.54, 1.807) is 13.8 Å². The minimum Gasteiger partial charge on any atom is -0.372 e. The first kappa shape index (κ1) is 23.5. The van der Waals surface area contributed by atoms with Crippen molar-refractivity contribution in [3.63, 3.8) is 0 Å². The Morgan fingerprint density at radius 1 is 1.23 bits per heavy atom. The van der Waals surface area contributed by atoms with Crippen molar-refractivity contribution in [2.24, 2.45) is 5.92 Å². The van der Waals surface area contributed by atoms with Gasteiger partial charge in [0.15, 0.2) is 0 Å². The van der Waals surface area contributed by atoms with Gasteiger partial charge in [-0.1, -0.05) is 37.3 Å². The molecule has 10 heteroatoms. The number of nitrogens with one attached hydrogen (secondary N) is 1. The molecule has 30 heavy (non-hydrogen) atoms. The van der Waals surface area contributed by atoms with Crippen molar-refractivity contribution in [1.29, 1.82) is 5.26 Å². The van der Waals surface area contributed by atoms with E-state index < -0.39 is 15.7 Å². The van der Waals surface area contributed by atoms with Crippen molar-refractivity contribution >= 4 is 44.0 Å². The van der Waals surface area contributed by atoms with E-state index in [0.717, 1.165) is 30.1 Å². The highest BCUT2D eigenvalue weighted by atomic mass is 32.2. The van der Waals surface area contributed by atoms with Crippen LogP contribution in [0.5, 0.6) is 0 Å². The van der Waals surface area contributed by atoms with Gasteiger partial charge in [0.05, 0.1) is 5.75 Å². The number of hydrogen-bond donors (Lipinski definition) is 1. The largest absolute Gasteiger partial charge is 0.372 e. The minimum atomic E-state index is -3.55. The van der Waals surface area contributed by atoms with Gasteiger partial charge in [-0.3, -0.25) is 10.1 Å². The van der Waals surface area contributed by atoms with Gasteiger partial charge in [-0.05, 0) is 43.5 Å². The summed E-state index contributed by atoms with van der Waals surface area (Å²) in [5.41, 5.74) is 1.64. The highest BCUT2D eigenvalue weighted by Crippen LogP contribution is 2.23. The van der Waals surface area contributed by atoms with E-state index in [1.165, 1.54) is 6.08 Å². The monoisotopic (exact) mass is 447 g/mol. The number of nitrogens with zero attached hydrogens (tertiary/aromatic N) is 4. The van der Waals surface area contributed by atoms with Gasteiger partial charge in [-0.2, -0.15) is 5.26 Å². The number of carbonyl (C=O) groups is 1. The van der Waals surface area contributed by atoms with E-state index in [0.29, 0.717) is 5.56 Å². The zero-order valence-electron chi connectivity index (χ0n) is 17.4. The van der Waals surface area contributed by atoms with Crippen LogP contribution in [0.2, 0.25) is 0 Å². The van der Waals surface area contributed by atoms with Gasteiger partial charge in [-0.15, -0.1) is 10.2 Å². The molecule has 160 valence electrons. The first-order valence-corrected chi connectivity index (χ1v) is 12.0. The van der Waals surface area contributed by atoms with E-state index in [-0.39, 0.29) is 26.7 Å². The van der Waals surface area contributed by atoms with Crippen molar-refractivity contribution in [2.45, 2.75) is 32.0 Å². The lowest BCUT2D eigenvalue weighted by Gasteiger charge is -2.20. The Labute approximate surface area is 181 Å². The summed E-state index contributed by atoms with van der Waals surface area (Å²) in [4.78, 5) is 14.6. The fraction of sp³-hybridized carbons (Fsp3) is 0.400. The molecule has 0 saturated heterocycles. The third kappa shape index (κ3) is 6.11. The van der Waals surface area contributed by atoms with Crippen LogP contribution in [0, 0.1) is 17.2 Å². The fourth-order valence-electron chi connectivity index (χ4n) is 2.75. The Morgan fingerprint density at radius 3 is 2.40 bits per heavy atom. The molecule has 1 heterocycles. The Bertz CT molecular complexity index is 1050. The number of anilines is 2. The Balaban J connectivity index is 2.15. The molecule has 0 spiro atoms. The zero-order valence-corrected chi connectivity index (χ0v) is 19.0. The molecule has 0 aliphatic rings. The van der Waals surface area contributed by atoms with E-state index in [2.05, 4.69) is 34.3 Å². The summed E-state index contributed by atoms with van der Waals surface area (Å²) in [6.07, 6.45) is 1.47. The number of rotatable bonds is 9. The molecule has 0 radical (unpaired) electrons. The van der Waals surface area contributed by atoms with Crippen LogP contribution in [0.15, 0.2) is 34.2 Å². The molecule has 0 saturated carbocycles.